The minimum Gasteiger partial charge on any atom is -0.456 e. The van der Waals surface area contributed by atoms with Crippen LogP contribution in [0.25, 0.3) is 11.3 Å². The molecule has 4 nitrogen and oxygen atoms in total. The summed E-state index contributed by atoms with van der Waals surface area (Å²) in [5.74, 6) is 0.923. The van der Waals surface area contributed by atoms with Gasteiger partial charge in [-0.2, -0.15) is 0 Å². The van der Waals surface area contributed by atoms with Gasteiger partial charge in [0.15, 0.2) is 11.1 Å². The second-order valence-corrected chi connectivity index (χ2v) is 7.46. The lowest BCUT2D eigenvalue weighted by Crippen LogP contribution is -2.15. The maximum Gasteiger partial charge on any atom is 0.157 e. The number of aldehydes is 1. The van der Waals surface area contributed by atoms with E-state index in [1.54, 1.807) is 12.1 Å². The van der Waals surface area contributed by atoms with Gasteiger partial charge in [0.2, 0.25) is 0 Å². The summed E-state index contributed by atoms with van der Waals surface area (Å²) in [5, 5.41) is 0. The standard InChI is InChI=1S/C23H18O4S/c24-14-20-19-8-4-5-9-21(19)27-23(22(20)17-6-2-1-3-7-17)18-12-10-16(11-13-18)15-28(25)26/h1-14,20H,15H2,(H,25,26). The van der Waals surface area contributed by atoms with Gasteiger partial charge in [-0.25, -0.2) is 4.21 Å². The van der Waals surface area contributed by atoms with E-state index in [0.29, 0.717) is 11.5 Å². The van der Waals surface area contributed by atoms with Crippen molar-refractivity contribution in [2.75, 3.05) is 0 Å². The summed E-state index contributed by atoms with van der Waals surface area (Å²) in [6, 6.07) is 24.6. The van der Waals surface area contributed by atoms with E-state index in [0.717, 1.165) is 34.1 Å². The van der Waals surface area contributed by atoms with E-state index >= 15 is 0 Å². The maximum absolute atomic E-state index is 12.1. The highest BCUT2D eigenvalue weighted by molar-refractivity contribution is 7.78. The van der Waals surface area contributed by atoms with Gasteiger partial charge < -0.3 is 14.1 Å². The van der Waals surface area contributed by atoms with Crippen molar-refractivity contribution in [3.63, 3.8) is 0 Å². The average Bonchev–Trinajstić information content (AvgIpc) is 2.73. The molecular weight excluding hydrogens is 372 g/mol. The first kappa shape index (κ1) is 18.3. The smallest absolute Gasteiger partial charge is 0.157 e. The summed E-state index contributed by atoms with van der Waals surface area (Å²) in [4.78, 5) is 12.1. The lowest BCUT2D eigenvalue weighted by molar-refractivity contribution is -0.108. The monoisotopic (exact) mass is 390 g/mol. The third kappa shape index (κ3) is 3.54. The molecule has 28 heavy (non-hydrogen) atoms. The molecule has 3 aromatic carbocycles. The second-order valence-electron chi connectivity index (χ2n) is 6.53. The molecule has 140 valence electrons. The number of rotatable bonds is 5. The van der Waals surface area contributed by atoms with Crippen molar-refractivity contribution in [2.24, 2.45) is 0 Å². The van der Waals surface area contributed by atoms with Crippen molar-refractivity contribution in [2.45, 2.75) is 11.7 Å². The van der Waals surface area contributed by atoms with Gasteiger partial charge in [-0.05, 0) is 17.2 Å². The molecule has 3 aromatic rings. The Hall–Kier alpha value is -3.02. The number of hydrogen-bond donors (Lipinski definition) is 1. The lowest BCUT2D eigenvalue weighted by Gasteiger charge is -2.28. The molecule has 0 spiro atoms. The van der Waals surface area contributed by atoms with Gasteiger partial charge in [-0.1, -0.05) is 72.8 Å². The van der Waals surface area contributed by atoms with Crippen LogP contribution in [0.3, 0.4) is 0 Å². The first-order chi connectivity index (χ1) is 13.7. The molecule has 0 amide bonds. The Balaban J connectivity index is 1.88. The number of fused-ring (bicyclic) bond motifs is 1. The lowest BCUT2D eigenvalue weighted by atomic mass is 9.83. The van der Waals surface area contributed by atoms with Crippen LogP contribution in [0, 0.1) is 0 Å². The number of hydrogen-bond acceptors (Lipinski definition) is 3. The van der Waals surface area contributed by atoms with E-state index in [1.165, 1.54) is 0 Å². The molecule has 1 heterocycles. The largest absolute Gasteiger partial charge is 0.456 e. The van der Waals surface area contributed by atoms with Crippen LogP contribution in [-0.4, -0.2) is 15.0 Å². The van der Waals surface area contributed by atoms with E-state index in [2.05, 4.69) is 0 Å². The summed E-state index contributed by atoms with van der Waals surface area (Å²) in [6.07, 6.45) is 0.951. The number of carbonyl (C=O) groups is 1. The Kier molecular flexibility index (Phi) is 5.19. The zero-order valence-electron chi connectivity index (χ0n) is 14.9. The summed E-state index contributed by atoms with van der Waals surface area (Å²) in [6.45, 7) is 0. The molecule has 0 radical (unpaired) electrons. The van der Waals surface area contributed by atoms with E-state index < -0.39 is 17.0 Å². The first-order valence-corrected chi connectivity index (χ1v) is 10.1. The minimum absolute atomic E-state index is 0.0749. The minimum atomic E-state index is -1.89. The van der Waals surface area contributed by atoms with Gasteiger partial charge in [0.1, 0.15) is 17.8 Å². The van der Waals surface area contributed by atoms with Crippen LogP contribution in [-0.2, 0) is 21.6 Å². The fraction of sp³-hybridized carbons (Fsp3) is 0.0870. The zero-order valence-corrected chi connectivity index (χ0v) is 15.8. The van der Waals surface area contributed by atoms with E-state index in [1.807, 2.05) is 66.7 Å². The fourth-order valence-electron chi connectivity index (χ4n) is 3.47. The number of para-hydroxylation sites is 1. The molecule has 0 bridgehead atoms. The molecule has 0 saturated heterocycles. The summed E-state index contributed by atoms with van der Waals surface area (Å²) >= 11 is -1.89. The molecule has 0 aliphatic carbocycles. The van der Waals surface area contributed by atoms with Crippen LogP contribution >= 0.6 is 0 Å². The molecule has 5 heteroatoms. The predicted octanol–water partition coefficient (Wildman–Crippen LogP) is 4.65. The molecule has 0 saturated carbocycles. The molecule has 1 aliphatic heterocycles. The van der Waals surface area contributed by atoms with E-state index in [4.69, 9.17) is 9.29 Å². The quantitative estimate of drug-likeness (QED) is 0.509. The van der Waals surface area contributed by atoms with Crippen LogP contribution < -0.4 is 4.74 Å². The fourth-order valence-corrected chi connectivity index (χ4v) is 3.95. The van der Waals surface area contributed by atoms with Gasteiger partial charge in [-0.15, -0.1) is 0 Å². The maximum atomic E-state index is 12.1. The highest BCUT2D eigenvalue weighted by Crippen LogP contribution is 2.45. The number of carbonyl (C=O) groups excluding carboxylic acids is 1. The molecule has 0 aromatic heterocycles. The molecule has 4 rings (SSSR count). The first-order valence-electron chi connectivity index (χ1n) is 8.86. The predicted molar refractivity (Wildman–Crippen MR) is 110 cm³/mol. The Morgan fingerprint density at radius 3 is 2.25 bits per heavy atom. The van der Waals surface area contributed by atoms with Crippen LogP contribution in [0.1, 0.15) is 28.2 Å². The number of benzene rings is 3. The van der Waals surface area contributed by atoms with E-state index in [9.17, 15) is 9.00 Å². The highest BCUT2D eigenvalue weighted by atomic mass is 32.2. The van der Waals surface area contributed by atoms with Crippen molar-refractivity contribution in [3.05, 3.63) is 101 Å². The number of ether oxygens (including phenoxy) is 1. The SMILES string of the molecule is O=CC1C(c2ccccc2)=C(c2ccc(CS(=O)O)cc2)Oc2ccccc21. The van der Waals surface area contributed by atoms with Gasteiger partial charge >= 0.3 is 0 Å². The normalized spacial score (nSPS) is 16.8. The summed E-state index contributed by atoms with van der Waals surface area (Å²) in [5.41, 5.74) is 4.15. The Morgan fingerprint density at radius 2 is 1.57 bits per heavy atom. The van der Waals surface area contributed by atoms with Crippen molar-refractivity contribution >= 4 is 28.7 Å². The van der Waals surface area contributed by atoms with Crippen molar-refractivity contribution in [1.82, 2.24) is 0 Å². The van der Waals surface area contributed by atoms with Crippen molar-refractivity contribution in [1.29, 1.82) is 0 Å². The van der Waals surface area contributed by atoms with Crippen LogP contribution in [0.5, 0.6) is 5.75 Å². The molecule has 2 unspecified atom stereocenters. The van der Waals surface area contributed by atoms with Gasteiger partial charge in [0, 0.05) is 16.7 Å². The second kappa shape index (κ2) is 7.92. The van der Waals surface area contributed by atoms with Crippen molar-refractivity contribution in [3.8, 4) is 5.75 Å². The summed E-state index contributed by atoms with van der Waals surface area (Å²) < 4.78 is 26.4. The van der Waals surface area contributed by atoms with Crippen LogP contribution in [0.15, 0.2) is 78.9 Å². The van der Waals surface area contributed by atoms with E-state index in [-0.39, 0.29) is 5.75 Å². The molecule has 1 N–H and O–H groups in total. The molecule has 0 fully saturated rings. The van der Waals surface area contributed by atoms with Crippen LogP contribution in [0.4, 0.5) is 0 Å². The van der Waals surface area contributed by atoms with Gasteiger partial charge in [0.05, 0.1) is 11.7 Å². The third-order valence-electron chi connectivity index (χ3n) is 4.75. The summed E-state index contributed by atoms with van der Waals surface area (Å²) in [7, 11) is 0. The van der Waals surface area contributed by atoms with Crippen molar-refractivity contribution < 1.29 is 18.3 Å². The zero-order chi connectivity index (χ0) is 19.5. The third-order valence-corrected chi connectivity index (χ3v) is 5.33. The van der Waals surface area contributed by atoms with Gasteiger partial charge in [-0.3, -0.25) is 0 Å². The average molecular weight is 390 g/mol. The highest BCUT2D eigenvalue weighted by Gasteiger charge is 2.31. The Labute approximate surface area is 165 Å². The van der Waals surface area contributed by atoms with Gasteiger partial charge in [0.25, 0.3) is 0 Å². The number of allylic oxidation sites excluding steroid dienone is 1. The van der Waals surface area contributed by atoms with Crippen LogP contribution in [0.2, 0.25) is 0 Å². The molecule has 2 atom stereocenters. The topological polar surface area (TPSA) is 63.6 Å². The Bertz CT molecular complexity index is 1060. The Morgan fingerprint density at radius 1 is 0.893 bits per heavy atom. The molecular formula is C23H18O4S. The molecule has 1 aliphatic rings.